The fourth-order valence-electron chi connectivity index (χ4n) is 3.82. The Balaban J connectivity index is 2.12. The Bertz CT molecular complexity index is 1000. The second-order valence-electron chi connectivity index (χ2n) is 7.71. The lowest BCUT2D eigenvalue weighted by molar-refractivity contribution is -0.122. The molecule has 0 saturated carbocycles. The summed E-state index contributed by atoms with van der Waals surface area (Å²) in [5.74, 6) is 1.22. The zero-order chi connectivity index (χ0) is 22.0. The van der Waals surface area contributed by atoms with Gasteiger partial charge in [0.15, 0.2) is 0 Å². The second kappa shape index (κ2) is 9.33. The van der Waals surface area contributed by atoms with Gasteiger partial charge in [0.1, 0.15) is 21.8 Å². The molecule has 0 N–H and O–H groups in total. The molecule has 1 aromatic rings. The number of amides is 1. The summed E-state index contributed by atoms with van der Waals surface area (Å²) in [6, 6.07) is 2.04. The number of hydrogen-bond donors (Lipinski definition) is 0. The van der Waals surface area contributed by atoms with Crippen molar-refractivity contribution in [3.8, 4) is 6.07 Å². The van der Waals surface area contributed by atoms with Crippen LogP contribution in [0.4, 0.5) is 5.82 Å². The van der Waals surface area contributed by atoms with E-state index < -0.39 is 0 Å². The maximum absolute atomic E-state index is 12.9. The molecule has 0 aliphatic carbocycles. The Labute approximate surface area is 186 Å². The molecule has 3 heterocycles. The summed E-state index contributed by atoms with van der Waals surface area (Å²) in [6.45, 7) is 6.45. The number of thioether (sulfide) groups is 1. The molecule has 0 atom stereocenters. The number of ether oxygens (including phenoxy) is 1. The van der Waals surface area contributed by atoms with Crippen molar-refractivity contribution in [2.75, 3.05) is 38.3 Å². The summed E-state index contributed by atoms with van der Waals surface area (Å²) in [4.78, 5) is 29.9. The number of anilines is 1. The van der Waals surface area contributed by atoms with Crippen LogP contribution in [0.2, 0.25) is 0 Å². The van der Waals surface area contributed by atoms with E-state index in [9.17, 15) is 14.9 Å². The third kappa shape index (κ3) is 4.17. The molecule has 30 heavy (non-hydrogen) atoms. The van der Waals surface area contributed by atoms with E-state index in [2.05, 4.69) is 11.8 Å². The highest BCUT2D eigenvalue weighted by atomic mass is 32.2. The summed E-state index contributed by atoms with van der Waals surface area (Å²) < 4.78 is 7.10. The molecule has 2 aliphatic rings. The van der Waals surface area contributed by atoms with Crippen molar-refractivity contribution in [2.45, 2.75) is 26.7 Å². The molecular formula is C21H26N4O3S2. The van der Waals surface area contributed by atoms with Gasteiger partial charge in [-0.25, -0.2) is 0 Å². The molecule has 0 bridgehead atoms. The van der Waals surface area contributed by atoms with E-state index in [1.807, 2.05) is 6.07 Å². The number of thiocarbonyl (C=S) groups is 1. The molecule has 1 amide bonds. The number of hydrogen-bond acceptors (Lipinski definition) is 7. The number of methoxy groups -OCH3 is 1. The SMILES string of the molecule is COCCN1C(=O)C(=Cc2c(C)c(C#N)c(=O)n(C)c2N2CCC(C)CC2)SC1=S. The van der Waals surface area contributed by atoms with Gasteiger partial charge in [0.2, 0.25) is 0 Å². The first-order valence-corrected chi connectivity index (χ1v) is 11.2. The Morgan fingerprint density at radius 1 is 1.33 bits per heavy atom. The van der Waals surface area contributed by atoms with Gasteiger partial charge in [-0.3, -0.25) is 19.1 Å². The highest BCUT2D eigenvalue weighted by Gasteiger charge is 2.33. The minimum Gasteiger partial charge on any atom is -0.383 e. The number of piperidine rings is 1. The van der Waals surface area contributed by atoms with Crippen LogP contribution < -0.4 is 10.5 Å². The van der Waals surface area contributed by atoms with Gasteiger partial charge < -0.3 is 9.64 Å². The van der Waals surface area contributed by atoms with Crippen LogP contribution >= 0.6 is 24.0 Å². The smallest absolute Gasteiger partial charge is 0.270 e. The third-order valence-electron chi connectivity index (χ3n) is 5.72. The van der Waals surface area contributed by atoms with Crippen molar-refractivity contribution in [1.82, 2.24) is 9.47 Å². The van der Waals surface area contributed by atoms with Crippen molar-refractivity contribution in [1.29, 1.82) is 5.26 Å². The van der Waals surface area contributed by atoms with Crippen LogP contribution in [0.15, 0.2) is 9.70 Å². The molecule has 2 aliphatic heterocycles. The average Bonchev–Trinajstić information content (AvgIpc) is 2.99. The maximum atomic E-state index is 12.9. The van der Waals surface area contributed by atoms with Gasteiger partial charge >= 0.3 is 0 Å². The predicted octanol–water partition coefficient (Wildman–Crippen LogP) is 2.65. The summed E-state index contributed by atoms with van der Waals surface area (Å²) in [5.41, 5.74) is 1.12. The number of carbonyl (C=O) groups is 1. The number of aromatic nitrogens is 1. The summed E-state index contributed by atoms with van der Waals surface area (Å²) >= 11 is 6.62. The molecule has 3 rings (SSSR count). The minimum absolute atomic E-state index is 0.104. The molecule has 9 heteroatoms. The topological polar surface area (TPSA) is 78.6 Å². The predicted molar refractivity (Wildman–Crippen MR) is 124 cm³/mol. The Morgan fingerprint density at radius 3 is 2.60 bits per heavy atom. The Morgan fingerprint density at radius 2 is 2.00 bits per heavy atom. The quantitative estimate of drug-likeness (QED) is 0.508. The minimum atomic E-state index is -0.312. The van der Waals surface area contributed by atoms with Gasteiger partial charge in [-0.2, -0.15) is 5.26 Å². The fourth-order valence-corrected chi connectivity index (χ4v) is 5.11. The molecule has 2 saturated heterocycles. The number of nitrogens with zero attached hydrogens (tertiary/aromatic N) is 4. The number of carbonyl (C=O) groups excluding carboxylic acids is 1. The van der Waals surface area contributed by atoms with Crippen LogP contribution in [0.1, 0.15) is 36.5 Å². The van der Waals surface area contributed by atoms with Crippen molar-refractivity contribution in [3.05, 3.63) is 31.9 Å². The maximum Gasteiger partial charge on any atom is 0.270 e. The zero-order valence-corrected chi connectivity index (χ0v) is 19.4. The molecule has 1 aromatic heterocycles. The standard InChI is InChI=1S/C21H26N4O3S2/c1-13-5-7-24(8-6-13)18-15(14(2)16(12-22)19(26)23(18)3)11-17-20(27)25(9-10-28-4)21(29)30-17/h11,13H,5-10H2,1-4H3. The van der Waals surface area contributed by atoms with Gasteiger partial charge in [0.05, 0.1) is 18.1 Å². The highest BCUT2D eigenvalue weighted by molar-refractivity contribution is 8.26. The number of nitriles is 1. The number of rotatable bonds is 5. The van der Waals surface area contributed by atoms with Crippen molar-refractivity contribution in [2.24, 2.45) is 13.0 Å². The van der Waals surface area contributed by atoms with E-state index >= 15 is 0 Å². The van der Waals surface area contributed by atoms with Crippen molar-refractivity contribution in [3.63, 3.8) is 0 Å². The molecule has 0 radical (unpaired) electrons. The van der Waals surface area contributed by atoms with E-state index in [0.29, 0.717) is 33.9 Å². The van der Waals surface area contributed by atoms with Crippen LogP contribution in [-0.4, -0.2) is 53.0 Å². The monoisotopic (exact) mass is 446 g/mol. The van der Waals surface area contributed by atoms with E-state index in [0.717, 1.165) is 37.3 Å². The molecule has 2 fully saturated rings. The van der Waals surface area contributed by atoms with Crippen molar-refractivity contribution >= 4 is 46.1 Å². The lowest BCUT2D eigenvalue weighted by Crippen LogP contribution is -2.38. The summed E-state index contributed by atoms with van der Waals surface area (Å²) in [7, 11) is 3.27. The molecule has 7 nitrogen and oxygen atoms in total. The third-order valence-corrected chi connectivity index (χ3v) is 7.10. The molecule has 160 valence electrons. The lowest BCUT2D eigenvalue weighted by atomic mass is 9.97. The fraction of sp³-hybridized carbons (Fsp3) is 0.524. The zero-order valence-electron chi connectivity index (χ0n) is 17.7. The van der Waals surface area contributed by atoms with Crippen LogP contribution in [0, 0.1) is 24.2 Å². The molecular weight excluding hydrogens is 420 g/mol. The normalized spacial score (nSPS) is 19.1. The van der Waals surface area contributed by atoms with Crippen LogP contribution in [0.5, 0.6) is 0 Å². The van der Waals surface area contributed by atoms with Gasteiger partial charge in [0, 0.05) is 32.8 Å². The lowest BCUT2D eigenvalue weighted by Gasteiger charge is -2.34. The van der Waals surface area contributed by atoms with Crippen LogP contribution in [0.3, 0.4) is 0 Å². The van der Waals surface area contributed by atoms with Crippen molar-refractivity contribution < 1.29 is 9.53 Å². The Hall–Kier alpha value is -2.15. The highest BCUT2D eigenvalue weighted by Crippen LogP contribution is 2.36. The first-order chi connectivity index (χ1) is 14.3. The van der Waals surface area contributed by atoms with Gasteiger partial charge in [-0.05, 0) is 37.3 Å². The van der Waals surface area contributed by atoms with Gasteiger partial charge in [-0.15, -0.1) is 0 Å². The largest absolute Gasteiger partial charge is 0.383 e. The first-order valence-electron chi connectivity index (χ1n) is 9.93. The van der Waals surface area contributed by atoms with E-state index in [-0.39, 0.29) is 17.0 Å². The number of pyridine rings is 1. The van der Waals surface area contributed by atoms with E-state index in [1.165, 1.54) is 16.7 Å². The van der Waals surface area contributed by atoms with Crippen LogP contribution in [0.25, 0.3) is 6.08 Å². The molecule has 0 aromatic carbocycles. The summed E-state index contributed by atoms with van der Waals surface area (Å²) in [6.07, 6.45) is 3.85. The molecule has 0 unspecified atom stereocenters. The average molecular weight is 447 g/mol. The molecule has 0 spiro atoms. The van der Waals surface area contributed by atoms with E-state index in [1.54, 1.807) is 31.7 Å². The van der Waals surface area contributed by atoms with Crippen LogP contribution in [-0.2, 0) is 16.6 Å². The Kier molecular flexibility index (Phi) is 7.01. The van der Waals surface area contributed by atoms with Gasteiger partial charge in [0.25, 0.3) is 11.5 Å². The second-order valence-corrected chi connectivity index (χ2v) is 9.38. The summed E-state index contributed by atoms with van der Waals surface area (Å²) in [5, 5.41) is 9.57. The van der Waals surface area contributed by atoms with E-state index in [4.69, 9.17) is 17.0 Å². The van der Waals surface area contributed by atoms with Gasteiger partial charge in [-0.1, -0.05) is 30.9 Å². The first kappa shape index (κ1) is 22.5.